The van der Waals surface area contributed by atoms with Crippen LogP contribution < -0.4 is 15.8 Å². The lowest BCUT2D eigenvalue weighted by atomic mass is 10.2. The average Bonchev–Trinajstić information content (AvgIpc) is 2.22. The molecule has 1 rings (SSSR count). The van der Waals surface area contributed by atoms with Gasteiger partial charge < -0.3 is 15.8 Å². The van der Waals surface area contributed by atoms with Crippen molar-refractivity contribution in [1.29, 1.82) is 0 Å². The summed E-state index contributed by atoms with van der Waals surface area (Å²) in [6.07, 6.45) is -0.0270. The van der Waals surface area contributed by atoms with Crippen LogP contribution in [-0.2, 0) is 4.79 Å². The van der Waals surface area contributed by atoms with Crippen molar-refractivity contribution in [3.8, 4) is 5.75 Å². The average molecular weight is 293 g/mol. The molecule has 0 aliphatic rings. The first kappa shape index (κ1) is 17.0. The van der Waals surface area contributed by atoms with Gasteiger partial charge >= 0.3 is 0 Å². The molecule has 4 nitrogen and oxygen atoms in total. The summed E-state index contributed by atoms with van der Waals surface area (Å²) >= 11 is 6.03. The van der Waals surface area contributed by atoms with E-state index in [4.69, 9.17) is 22.1 Å². The number of anilines is 1. The fraction of sp³-hybridized carbons (Fsp3) is 0.417. The van der Waals surface area contributed by atoms with Crippen molar-refractivity contribution in [2.45, 2.75) is 32.9 Å². The highest BCUT2D eigenvalue weighted by atomic mass is 35.5. The molecule has 0 saturated heterocycles. The number of amides is 1. The summed E-state index contributed by atoms with van der Waals surface area (Å²) in [4.78, 5) is 11.5. The number of hydrogen-bond donors (Lipinski definition) is 2. The zero-order valence-electron chi connectivity index (χ0n) is 10.6. The molecule has 1 atom stereocenters. The maximum Gasteiger partial charge on any atom is 0.241 e. The fourth-order valence-electron chi connectivity index (χ4n) is 1.21. The Morgan fingerprint density at radius 3 is 2.50 bits per heavy atom. The second-order valence-corrected chi connectivity index (χ2v) is 4.47. The first-order chi connectivity index (χ1) is 7.91. The molecule has 0 aliphatic carbocycles. The standard InChI is InChI=1S/C12H17ClN2O2.ClH/c1-7(2)17-11-9(13)5-4-6-10(11)15-12(16)8(3)14;/h4-8H,14H2,1-3H3,(H,15,16);1H/t8-;/m0./s1. The highest BCUT2D eigenvalue weighted by Gasteiger charge is 2.14. The number of carbonyl (C=O) groups excluding carboxylic acids is 1. The molecule has 3 N–H and O–H groups in total. The molecule has 6 heteroatoms. The first-order valence-electron chi connectivity index (χ1n) is 5.43. The summed E-state index contributed by atoms with van der Waals surface area (Å²) < 4.78 is 5.57. The molecular formula is C12H18Cl2N2O2. The minimum Gasteiger partial charge on any atom is -0.487 e. The lowest BCUT2D eigenvalue weighted by Crippen LogP contribution is -2.32. The minimum atomic E-state index is -0.583. The third-order valence-electron chi connectivity index (χ3n) is 1.99. The molecule has 0 aromatic heterocycles. The molecule has 18 heavy (non-hydrogen) atoms. The van der Waals surface area contributed by atoms with Crippen LogP contribution in [0.1, 0.15) is 20.8 Å². The number of ether oxygens (including phenoxy) is 1. The minimum absolute atomic E-state index is 0. The van der Waals surface area contributed by atoms with E-state index in [1.165, 1.54) is 0 Å². The van der Waals surface area contributed by atoms with Crippen LogP contribution >= 0.6 is 24.0 Å². The largest absolute Gasteiger partial charge is 0.487 e. The Morgan fingerprint density at radius 2 is 2.00 bits per heavy atom. The number of nitrogens with two attached hydrogens (primary N) is 1. The smallest absolute Gasteiger partial charge is 0.241 e. The number of carbonyl (C=O) groups is 1. The van der Waals surface area contributed by atoms with Gasteiger partial charge in [0.2, 0.25) is 5.91 Å². The van der Waals surface area contributed by atoms with Crippen LogP contribution in [0, 0.1) is 0 Å². The van der Waals surface area contributed by atoms with Crippen molar-refractivity contribution in [2.24, 2.45) is 5.73 Å². The Labute approximate surface area is 118 Å². The van der Waals surface area contributed by atoms with E-state index in [0.29, 0.717) is 16.5 Å². The van der Waals surface area contributed by atoms with Crippen LogP contribution in [0.4, 0.5) is 5.69 Å². The number of benzene rings is 1. The number of halogens is 2. The van der Waals surface area contributed by atoms with E-state index in [0.717, 1.165) is 0 Å². The summed E-state index contributed by atoms with van der Waals surface area (Å²) in [6.45, 7) is 5.39. The van der Waals surface area contributed by atoms with Crippen LogP contribution in [0.3, 0.4) is 0 Å². The molecule has 1 amide bonds. The van der Waals surface area contributed by atoms with Crippen molar-refractivity contribution in [1.82, 2.24) is 0 Å². The lowest BCUT2D eigenvalue weighted by molar-refractivity contribution is -0.117. The van der Waals surface area contributed by atoms with Gasteiger partial charge in [0.15, 0.2) is 5.75 Å². The predicted molar refractivity (Wildman–Crippen MR) is 76.7 cm³/mol. The van der Waals surface area contributed by atoms with E-state index in [1.54, 1.807) is 25.1 Å². The van der Waals surface area contributed by atoms with Crippen LogP contribution in [0.2, 0.25) is 5.02 Å². The van der Waals surface area contributed by atoms with Gasteiger partial charge in [0.25, 0.3) is 0 Å². The van der Waals surface area contributed by atoms with Crippen molar-refractivity contribution >= 4 is 35.6 Å². The molecule has 1 aromatic rings. The van der Waals surface area contributed by atoms with Gasteiger partial charge in [0.05, 0.1) is 22.9 Å². The summed E-state index contributed by atoms with van der Waals surface area (Å²) in [7, 11) is 0. The highest BCUT2D eigenvalue weighted by Crippen LogP contribution is 2.33. The van der Waals surface area contributed by atoms with Gasteiger partial charge in [-0.2, -0.15) is 0 Å². The quantitative estimate of drug-likeness (QED) is 0.897. The Balaban J connectivity index is 0.00000289. The van der Waals surface area contributed by atoms with Gasteiger partial charge in [-0.3, -0.25) is 4.79 Å². The molecule has 0 radical (unpaired) electrons. The molecule has 0 aliphatic heterocycles. The fourth-order valence-corrected chi connectivity index (χ4v) is 1.43. The van der Waals surface area contributed by atoms with Crippen molar-refractivity contribution in [3.63, 3.8) is 0 Å². The predicted octanol–water partition coefficient (Wildman–Crippen LogP) is 2.83. The van der Waals surface area contributed by atoms with Crippen molar-refractivity contribution in [3.05, 3.63) is 23.2 Å². The van der Waals surface area contributed by atoms with Crippen LogP contribution in [-0.4, -0.2) is 18.1 Å². The van der Waals surface area contributed by atoms with Crippen LogP contribution in [0.15, 0.2) is 18.2 Å². The van der Waals surface area contributed by atoms with E-state index in [-0.39, 0.29) is 24.4 Å². The van der Waals surface area contributed by atoms with Gasteiger partial charge in [0.1, 0.15) is 0 Å². The molecule has 1 aromatic carbocycles. The molecule has 102 valence electrons. The molecular weight excluding hydrogens is 275 g/mol. The lowest BCUT2D eigenvalue weighted by Gasteiger charge is -2.16. The van der Waals surface area contributed by atoms with Crippen molar-refractivity contribution in [2.75, 3.05) is 5.32 Å². The van der Waals surface area contributed by atoms with Crippen molar-refractivity contribution < 1.29 is 9.53 Å². The zero-order valence-corrected chi connectivity index (χ0v) is 12.1. The van der Waals surface area contributed by atoms with E-state index in [1.807, 2.05) is 13.8 Å². The zero-order chi connectivity index (χ0) is 13.0. The maximum absolute atomic E-state index is 11.5. The Bertz CT molecular complexity index is 409. The normalized spacial score (nSPS) is 11.7. The van der Waals surface area contributed by atoms with Gasteiger partial charge in [-0.1, -0.05) is 17.7 Å². The van der Waals surface area contributed by atoms with Crippen LogP contribution in [0.25, 0.3) is 0 Å². The topological polar surface area (TPSA) is 64.3 Å². The van der Waals surface area contributed by atoms with E-state index < -0.39 is 6.04 Å². The van der Waals surface area contributed by atoms with Gasteiger partial charge in [0, 0.05) is 0 Å². The first-order valence-corrected chi connectivity index (χ1v) is 5.81. The SMILES string of the molecule is CC(C)Oc1c(Cl)cccc1NC(=O)[C@H](C)N.Cl. The summed E-state index contributed by atoms with van der Waals surface area (Å²) in [5.74, 6) is 0.194. The van der Waals surface area contributed by atoms with E-state index >= 15 is 0 Å². The Kier molecular flexibility index (Phi) is 7.06. The van der Waals surface area contributed by atoms with E-state index in [2.05, 4.69) is 5.32 Å². The molecule has 0 saturated carbocycles. The maximum atomic E-state index is 11.5. The van der Waals surface area contributed by atoms with Gasteiger partial charge in [-0.25, -0.2) is 0 Å². The van der Waals surface area contributed by atoms with Gasteiger partial charge in [-0.15, -0.1) is 12.4 Å². The van der Waals surface area contributed by atoms with E-state index in [9.17, 15) is 4.79 Å². The Hall–Kier alpha value is -0.970. The number of para-hydroxylation sites is 1. The second kappa shape index (κ2) is 7.46. The monoisotopic (exact) mass is 292 g/mol. The number of nitrogens with one attached hydrogen (secondary N) is 1. The number of hydrogen-bond acceptors (Lipinski definition) is 3. The molecule has 0 heterocycles. The third kappa shape index (κ3) is 4.72. The summed E-state index contributed by atoms with van der Waals surface area (Å²) in [5, 5.41) is 3.14. The second-order valence-electron chi connectivity index (χ2n) is 4.06. The molecule has 0 unspecified atom stereocenters. The Morgan fingerprint density at radius 1 is 1.39 bits per heavy atom. The third-order valence-corrected chi connectivity index (χ3v) is 2.29. The van der Waals surface area contributed by atoms with Crippen LogP contribution in [0.5, 0.6) is 5.75 Å². The molecule has 0 bridgehead atoms. The summed E-state index contributed by atoms with van der Waals surface area (Å²) in [6, 6.07) is 4.60. The highest BCUT2D eigenvalue weighted by molar-refractivity contribution is 6.32. The number of rotatable bonds is 4. The van der Waals surface area contributed by atoms with Gasteiger partial charge in [-0.05, 0) is 32.9 Å². The summed E-state index contributed by atoms with van der Waals surface area (Å²) in [5.41, 5.74) is 6.02. The molecule has 0 fully saturated rings. The molecule has 0 spiro atoms.